The second-order valence-corrected chi connectivity index (χ2v) is 8.09. The van der Waals surface area contributed by atoms with Crippen LogP contribution in [0.2, 0.25) is 0 Å². The van der Waals surface area contributed by atoms with Gasteiger partial charge in [-0.15, -0.1) is 0 Å². The number of nitrogens with zero attached hydrogens (tertiary/aromatic N) is 1. The molecular weight excluding hydrogens is 400 g/mol. The Morgan fingerprint density at radius 1 is 1.16 bits per heavy atom. The van der Waals surface area contributed by atoms with E-state index in [4.69, 9.17) is 18.9 Å². The molecule has 31 heavy (non-hydrogen) atoms. The maximum absolute atomic E-state index is 10.5. The van der Waals surface area contributed by atoms with Crippen LogP contribution in [0, 0.1) is 0 Å². The van der Waals surface area contributed by atoms with Crippen LogP contribution in [0.25, 0.3) is 0 Å². The van der Waals surface area contributed by atoms with E-state index in [1.165, 1.54) is 0 Å². The van der Waals surface area contributed by atoms with Crippen molar-refractivity contribution in [3.05, 3.63) is 59.7 Å². The largest absolute Gasteiger partial charge is 0.394 e. The van der Waals surface area contributed by atoms with Gasteiger partial charge in [-0.3, -0.25) is 0 Å². The standard InChI is InChI=1S/C23H32N2O6/c1-3-25(2)24-17-11-7-10-16(12-17)23-29-19-14-28-22(15-8-5-4-6-9-15)31-21(19)20(30-23)18(27)13-26/h4-10,12,17-24,26-27H,3,11,13-14H2,1-2H3. The van der Waals surface area contributed by atoms with Crippen LogP contribution in [0.15, 0.2) is 54.1 Å². The minimum Gasteiger partial charge on any atom is -0.394 e. The molecule has 170 valence electrons. The van der Waals surface area contributed by atoms with E-state index in [2.05, 4.69) is 24.5 Å². The zero-order chi connectivity index (χ0) is 21.8. The summed E-state index contributed by atoms with van der Waals surface area (Å²) >= 11 is 0. The molecule has 0 aromatic heterocycles. The SMILES string of the molecule is CCN(C)NC1C=C(C2OC3COC(c4ccccc4)OC3C(C(O)CO)O2)C=CC1. The van der Waals surface area contributed by atoms with Crippen LogP contribution in [0.5, 0.6) is 0 Å². The molecule has 2 aliphatic heterocycles. The Labute approximate surface area is 183 Å². The number of hydrogen-bond acceptors (Lipinski definition) is 8. The van der Waals surface area contributed by atoms with E-state index in [0.717, 1.165) is 24.1 Å². The number of fused-ring (bicyclic) bond motifs is 1. The molecule has 8 heteroatoms. The predicted octanol–water partition coefficient (Wildman–Crippen LogP) is 1.28. The van der Waals surface area contributed by atoms with Crippen molar-refractivity contribution in [2.45, 2.75) is 56.4 Å². The van der Waals surface area contributed by atoms with E-state index in [-0.39, 0.29) is 6.04 Å². The monoisotopic (exact) mass is 432 g/mol. The minimum absolute atomic E-state index is 0.123. The Bertz CT molecular complexity index is 773. The Hall–Kier alpha value is -1.62. The van der Waals surface area contributed by atoms with E-state index in [0.29, 0.717) is 6.61 Å². The molecule has 1 aliphatic carbocycles. The summed E-state index contributed by atoms with van der Waals surface area (Å²) in [5, 5.41) is 22.1. The predicted molar refractivity (Wildman–Crippen MR) is 114 cm³/mol. The van der Waals surface area contributed by atoms with E-state index in [1.54, 1.807) is 0 Å². The van der Waals surface area contributed by atoms with Crippen molar-refractivity contribution in [2.24, 2.45) is 0 Å². The van der Waals surface area contributed by atoms with Crippen molar-refractivity contribution >= 4 is 0 Å². The molecule has 7 atom stereocenters. The maximum Gasteiger partial charge on any atom is 0.184 e. The number of hydrazine groups is 1. The molecule has 8 nitrogen and oxygen atoms in total. The summed E-state index contributed by atoms with van der Waals surface area (Å²) in [5.74, 6) is 0. The van der Waals surface area contributed by atoms with Gasteiger partial charge in [-0.05, 0) is 6.42 Å². The highest BCUT2D eigenvalue weighted by Crippen LogP contribution is 2.36. The molecule has 0 radical (unpaired) electrons. The van der Waals surface area contributed by atoms with E-state index in [9.17, 15) is 10.2 Å². The lowest BCUT2D eigenvalue weighted by Gasteiger charge is -2.47. The van der Waals surface area contributed by atoms with E-state index in [1.807, 2.05) is 48.5 Å². The van der Waals surface area contributed by atoms with Gasteiger partial charge in [-0.2, -0.15) is 0 Å². The molecule has 2 saturated heterocycles. The van der Waals surface area contributed by atoms with Crippen molar-refractivity contribution < 1.29 is 29.2 Å². The molecule has 0 bridgehead atoms. The first-order chi connectivity index (χ1) is 15.1. The van der Waals surface area contributed by atoms with Gasteiger partial charge in [0.15, 0.2) is 12.6 Å². The number of aliphatic hydroxyl groups excluding tert-OH is 2. The third kappa shape index (κ3) is 5.24. The number of aliphatic hydroxyl groups is 2. The maximum atomic E-state index is 10.5. The number of rotatable bonds is 7. The molecule has 2 heterocycles. The topological polar surface area (TPSA) is 92.7 Å². The van der Waals surface area contributed by atoms with Gasteiger partial charge in [0.05, 0.1) is 13.2 Å². The fraction of sp³-hybridized carbons (Fsp3) is 0.565. The normalized spacial score (nSPS) is 34.3. The third-order valence-electron chi connectivity index (χ3n) is 5.83. The summed E-state index contributed by atoms with van der Waals surface area (Å²) in [4.78, 5) is 0. The highest BCUT2D eigenvalue weighted by molar-refractivity contribution is 5.28. The molecule has 4 rings (SSSR count). The van der Waals surface area contributed by atoms with Crippen LogP contribution in [0.4, 0.5) is 0 Å². The molecule has 1 aromatic rings. The van der Waals surface area contributed by atoms with E-state index >= 15 is 0 Å². The summed E-state index contributed by atoms with van der Waals surface area (Å²) in [6.07, 6.45) is 2.91. The van der Waals surface area contributed by atoms with Crippen molar-refractivity contribution in [3.63, 3.8) is 0 Å². The lowest BCUT2D eigenvalue weighted by Crippen LogP contribution is -2.60. The number of hydrogen-bond donors (Lipinski definition) is 3. The molecule has 1 aromatic carbocycles. The van der Waals surface area contributed by atoms with Crippen molar-refractivity contribution in [1.29, 1.82) is 0 Å². The van der Waals surface area contributed by atoms with Crippen molar-refractivity contribution in [1.82, 2.24) is 10.4 Å². The molecular formula is C23H32N2O6. The van der Waals surface area contributed by atoms with Gasteiger partial charge in [-0.1, -0.05) is 55.5 Å². The van der Waals surface area contributed by atoms with Crippen LogP contribution < -0.4 is 5.43 Å². The van der Waals surface area contributed by atoms with Crippen molar-refractivity contribution in [3.8, 4) is 0 Å². The van der Waals surface area contributed by atoms with Crippen LogP contribution in [0.3, 0.4) is 0 Å². The fourth-order valence-corrected chi connectivity index (χ4v) is 4.05. The summed E-state index contributed by atoms with van der Waals surface area (Å²) < 4.78 is 24.4. The van der Waals surface area contributed by atoms with Gasteiger partial charge >= 0.3 is 0 Å². The molecule has 2 fully saturated rings. The summed E-state index contributed by atoms with van der Waals surface area (Å²) in [6, 6.07) is 9.73. The average Bonchev–Trinajstić information content (AvgIpc) is 2.83. The second-order valence-electron chi connectivity index (χ2n) is 8.09. The first-order valence-electron chi connectivity index (χ1n) is 10.9. The quantitative estimate of drug-likeness (QED) is 0.555. The van der Waals surface area contributed by atoms with Crippen LogP contribution in [0.1, 0.15) is 25.2 Å². The third-order valence-corrected chi connectivity index (χ3v) is 5.83. The van der Waals surface area contributed by atoms with Gasteiger partial charge in [0, 0.05) is 30.8 Å². The van der Waals surface area contributed by atoms with Crippen LogP contribution >= 0.6 is 0 Å². The van der Waals surface area contributed by atoms with Gasteiger partial charge < -0.3 is 29.2 Å². The highest BCUT2D eigenvalue weighted by Gasteiger charge is 2.48. The van der Waals surface area contributed by atoms with Crippen LogP contribution in [-0.2, 0) is 18.9 Å². The summed E-state index contributed by atoms with van der Waals surface area (Å²) in [6.45, 7) is 2.83. The molecule has 0 amide bonds. The summed E-state index contributed by atoms with van der Waals surface area (Å²) in [7, 11) is 2.00. The second kappa shape index (κ2) is 10.3. The Kier molecular flexibility index (Phi) is 7.52. The Morgan fingerprint density at radius 2 is 1.97 bits per heavy atom. The number of benzene rings is 1. The zero-order valence-electron chi connectivity index (χ0n) is 18.0. The Balaban J connectivity index is 1.50. The zero-order valence-corrected chi connectivity index (χ0v) is 18.0. The van der Waals surface area contributed by atoms with Crippen LogP contribution in [-0.4, -0.2) is 78.8 Å². The first-order valence-corrected chi connectivity index (χ1v) is 10.9. The Morgan fingerprint density at radius 3 is 2.71 bits per heavy atom. The lowest BCUT2D eigenvalue weighted by atomic mass is 9.98. The fourth-order valence-electron chi connectivity index (χ4n) is 4.05. The highest BCUT2D eigenvalue weighted by atomic mass is 16.8. The number of nitrogens with one attached hydrogen (secondary N) is 1. The first kappa shape index (κ1) is 22.6. The molecule has 3 aliphatic rings. The smallest absolute Gasteiger partial charge is 0.184 e. The molecule has 7 unspecified atom stereocenters. The van der Waals surface area contributed by atoms with Gasteiger partial charge in [-0.25, -0.2) is 10.4 Å². The van der Waals surface area contributed by atoms with Gasteiger partial charge in [0.25, 0.3) is 0 Å². The van der Waals surface area contributed by atoms with E-state index < -0.39 is 43.6 Å². The minimum atomic E-state index is -1.10. The van der Waals surface area contributed by atoms with Crippen molar-refractivity contribution in [2.75, 3.05) is 26.8 Å². The molecule has 0 spiro atoms. The molecule has 3 N–H and O–H groups in total. The average molecular weight is 433 g/mol. The number of ether oxygens (including phenoxy) is 4. The van der Waals surface area contributed by atoms with Gasteiger partial charge in [0.1, 0.15) is 24.4 Å². The van der Waals surface area contributed by atoms with Gasteiger partial charge in [0.2, 0.25) is 0 Å². The molecule has 0 saturated carbocycles. The lowest BCUT2D eigenvalue weighted by molar-refractivity contribution is -0.362. The summed E-state index contributed by atoms with van der Waals surface area (Å²) in [5.41, 5.74) is 5.17.